The van der Waals surface area contributed by atoms with Crippen LogP contribution in [0.15, 0.2) is 60.9 Å². The molecular weight excluding hydrogens is 320 g/mol. The summed E-state index contributed by atoms with van der Waals surface area (Å²) in [5.41, 5.74) is 3.95. The van der Waals surface area contributed by atoms with E-state index in [4.69, 9.17) is 5.11 Å². The molecular formula is C17H12N6O2. The first-order valence-corrected chi connectivity index (χ1v) is 7.44. The average molecular weight is 332 g/mol. The van der Waals surface area contributed by atoms with E-state index in [0.717, 1.165) is 16.8 Å². The highest BCUT2D eigenvalue weighted by atomic mass is 16.4. The smallest absolute Gasteiger partial charge is 0.356 e. The number of hydrogen-bond acceptors (Lipinski definition) is 5. The van der Waals surface area contributed by atoms with Crippen LogP contribution in [-0.4, -0.2) is 41.5 Å². The van der Waals surface area contributed by atoms with Gasteiger partial charge in [0.15, 0.2) is 5.69 Å². The van der Waals surface area contributed by atoms with E-state index >= 15 is 0 Å². The highest BCUT2D eigenvalue weighted by Gasteiger charge is 2.15. The van der Waals surface area contributed by atoms with Crippen molar-refractivity contribution in [2.75, 3.05) is 0 Å². The van der Waals surface area contributed by atoms with Crippen LogP contribution in [0.1, 0.15) is 10.5 Å². The minimum atomic E-state index is -1.09. The van der Waals surface area contributed by atoms with E-state index in [1.807, 2.05) is 48.5 Å². The fraction of sp³-hybridized carbons (Fsp3) is 0. The van der Waals surface area contributed by atoms with Gasteiger partial charge in [0.2, 0.25) is 0 Å². The number of hydrogen-bond donors (Lipinski definition) is 2. The molecule has 0 amide bonds. The van der Waals surface area contributed by atoms with Gasteiger partial charge < -0.3 is 5.11 Å². The fourth-order valence-corrected chi connectivity index (χ4v) is 2.55. The zero-order chi connectivity index (χ0) is 17.2. The Morgan fingerprint density at radius 2 is 1.60 bits per heavy atom. The largest absolute Gasteiger partial charge is 0.476 e. The number of aromatic nitrogens is 6. The second-order valence-corrected chi connectivity index (χ2v) is 5.31. The summed E-state index contributed by atoms with van der Waals surface area (Å²) in [6.45, 7) is 0. The van der Waals surface area contributed by atoms with Crippen molar-refractivity contribution < 1.29 is 9.90 Å². The van der Waals surface area contributed by atoms with Crippen molar-refractivity contribution in [3.63, 3.8) is 0 Å². The number of carboxylic acids is 1. The highest BCUT2D eigenvalue weighted by Crippen LogP contribution is 2.25. The van der Waals surface area contributed by atoms with Crippen LogP contribution in [0.3, 0.4) is 0 Å². The predicted molar refractivity (Wildman–Crippen MR) is 89.1 cm³/mol. The summed E-state index contributed by atoms with van der Waals surface area (Å²) in [5, 5.41) is 26.7. The molecule has 0 bridgehead atoms. The standard InChI is InChI=1S/C17H12N6O2/c24-17(25)16-15(19-21-20-16)13-3-1-11(2-4-13)12-5-7-14(8-6-12)23-10-9-18-22-23/h1-10H,(H,24,25)(H,19,20,21). The Hall–Kier alpha value is -3.81. The number of aromatic amines is 1. The van der Waals surface area contributed by atoms with Crippen LogP contribution in [0.25, 0.3) is 28.1 Å². The topological polar surface area (TPSA) is 110 Å². The van der Waals surface area contributed by atoms with Gasteiger partial charge in [-0.05, 0) is 23.3 Å². The van der Waals surface area contributed by atoms with Gasteiger partial charge in [-0.2, -0.15) is 0 Å². The number of H-pyrrole nitrogens is 1. The zero-order valence-electron chi connectivity index (χ0n) is 12.9. The molecule has 0 unspecified atom stereocenters. The number of carboxylic acid groups (broad SMARTS) is 1. The van der Waals surface area contributed by atoms with Crippen molar-refractivity contribution in [3.8, 4) is 28.1 Å². The minimum Gasteiger partial charge on any atom is -0.476 e. The van der Waals surface area contributed by atoms with Crippen LogP contribution < -0.4 is 0 Å². The lowest BCUT2D eigenvalue weighted by Gasteiger charge is -2.05. The van der Waals surface area contributed by atoms with Gasteiger partial charge in [-0.1, -0.05) is 46.8 Å². The molecule has 2 aromatic heterocycles. The monoisotopic (exact) mass is 332 g/mol. The van der Waals surface area contributed by atoms with E-state index in [-0.39, 0.29) is 5.69 Å². The number of aromatic carboxylic acids is 1. The molecule has 2 aromatic carbocycles. The first kappa shape index (κ1) is 14.8. The van der Waals surface area contributed by atoms with Crippen molar-refractivity contribution in [1.29, 1.82) is 0 Å². The van der Waals surface area contributed by atoms with E-state index in [1.165, 1.54) is 0 Å². The average Bonchev–Trinajstić information content (AvgIpc) is 3.34. The van der Waals surface area contributed by atoms with Gasteiger partial charge in [-0.15, -0.1) is 10.2 Å². The van der Waals surface area contributed by atoms with Crippen LogP contribution in [0.2, 0.25) is 0 Å². The molecule has 25 heavy (non-hydrogen) atoms. The lowest BCUT2D eigenvalue weighted by atomic mass is 10.0. The molecule has 0 aliphatic heterocycles. The Bertz CT molecular complexity index is 1000. The number of rotatable bonds is 4. The van der Waals surface area contributed by atoms with Gasteiger partial charge in [-0.25, -0.2) is 9.48 Å². The molecule has 4 rings (SSSR count). The maximum Gasteiger partial charge on any atom is 0.356 e. The molecule has 0 aliphatic carbocycles. The quantitative estimate of drug-likeness (QED) is 0.594. The van der Waals surface area contributed by atoms with E-state index in [2.05, 4.69) is 25.7 Å². The van der Waals surface area contributed by atoms with Crippen molar-refractivity contribution in [3.05, 3.63) is 66.6 Å². The summed E-state index contributed by atoms with van der Waals surface area (Å²) >= 11 is 0. The van der Waals surface area contributed by atoms with Crippen molar-refractivity contribution in [2.45, 2.75) is 0 Å². The van der Waals surface area contributed by atoms with Gasteiger partial charge >= 0.3 is 5.97 Å². The molecule has 2 heterocycles. The molecule has 8 heteroatoms. The van der Waals surface area contributed by atoms with E-state index in [9.17, 15) is 4.79 Å². The normalized spacial score (nSPS) is 10.7. The molecule has 0 saturated heterocycles. The Kier molecular flexibility index (Phi) is 3.55. The third kappa shape index (κ3) is 2.76. The molecule has 8 nitrogen and oxygen atoms in total. The summed E-state index contributed by atoms with van der Waals surface area (Å²) in [5.74, 6) is -1.09. The molecule has 0 fully saturated rings. The van der Waals surface area contributed by atoms with Crippen molar-refractivity contribution in [1.82, 2.24) is 30.4 Å². The maximum absolute atomic E-state index is 11.2. The molecule has 0 aliphatic rings. The molecule has 0 atom stereocenters. The van der Waals surface area contributed by atoms with Gasteiger partial charge in [0.05, 0.1) is 18.1 Å². The van der Waals surface area contributed by atoms with Crippen molar-refractivity contribution in [2.24, 2.45) is 0 Å². The maximum atomic E-state index is 11.2. The Morgan fingerprint density at radius 1 is 0.960 bits per heavy atom. The van der Waals surface area contributed by atoms with Gasteiger partial charge in [-0.3, -0.25) is 5.10 Å². The predicted octanol–water partition coefficient (Wildman–Crippen LogP) is 2.42. The molecule has 0 saturated carbocycles. The summed E-state index contributed by atoms with van der Waals surface area (Å²) in [4.78, 5) is 11.2. The highest BCUT2D eigenvalue weighted by molar-refractivity contribution is 5.92. The number of carbonyl (C=O) groups is 1. The summed E-state index contributed by atoms with van der Waals surface area (Å²) < 4.78 is 1.69. The molecule has 122 valence electrons. The summed E-state index contributed by atoms with van der Waals surface area (Å²) in [6.07, 6.45) is 3.41. The SMILES string of the molecule is O=C(O)c1[nH]nnc1-c1ccc(-c2ccc(-n3ccnn3)cc2)cc1. The van der Waals surface area contributed by atoms with E-state index < -0.39 is 5.97 Å². The Morgan fingerprint density at radius 3 is 2.20 bits per heavy atom. The van der Waals surface area contributed by atoms with Crippen LogP contribution in [0.4, 0.5) is 0 Å². The third-order valence-corrected chi connectivity index (χ3v) is 3.81. The number of benzene rings is 2. The molecule has 0 spiro atoms. The lowest BCUT2D eigenvalue weighted by molar-refractivity contribution is 0.0691. The Labute approximate surface area is 141 Å². The molecule has 0 radical (unpaired) electrons. The summed E-state index contributed by atoms with van der Waals surface area (Å²) in [7, 11) is 0. The lowest BCUT2D eigenvalue weighted by Crippen LogP contribution is -1.99. The van der Waals surface area contributed by atoms with E-state index in [1.54, 1.807) is 17.1 Å². The fourth-order valence-electron chi connectivity index (χ4n) is 2.55. The van der Waals surface area contributed by atoms with Crippen LogP contribution >= 0.6 is 0 Å². The second kappa shape index (κ2) is 6.00. The van der Waals surface area contributed by atoms with Gasteiger partial charge in [0.25, 0.3) is 0 Å². The molecule has 2 N–H and O–H groups in total. The molecule has 4 aromatic rings. The third-order valence-electron chi connectivity index (χ3n) is 3.81. The van der Waals surface area contributed by atoms with Crippen LogP contribution in [-0.2, 0) is 0 Å². The van der Waals surface area contributed by atoms with E-state index in [0.29, 0.717) is 11.3 Å². The summed E-state index contributed by atoms with van der Waals surface area (Å²) in [6, 6.07) is 15.4. The second-order valence-electron chi connectivity index (χ2n) is 5.31. The number of nitrogens with one attached hydrogen (secondary N) is 1. The van der Waals surface area contributed by atoms with Crippen LogP contribution in [0, 0.1) is 0 Å². The number of nitrogens with zero attached hydrogens (tertiary/aromatic N) is 5. The first-order valence-electron chi connectivity index (χ1n) is 7.44. The zero-order valence-corrected chi connectivity index (χ0v) is 12.9. The first-order chi connectivity index (χ1) is 12.2. The van der Waals surface area contributed by atoms with Gasteiger partial charge in [0.1, 0.15) is 5.69 Å². The van der Waals surface area contributed by atoms with Gasteiger partial charge in [0, 0.05) is 5.56 Å². The van der Waals surface area contributed by atoms with Crippen molar-refractivity contribution >= 4 is 5.97 Å². The minimum absolute atomic E-state index is 0.0232. The van der Waals surface area contributed by atoms with Crippen LogP contribution in [0.5, 0.6) is 0 Å². The Balaban J connectivity index is 1.62.